The van der Waals surface area contributed by atoms with Gasteiger partial charge < -0.3 is 10.4 Å². The summed E-state index contributed by atoms with van der Waals surface area (Å²) in [6.07, 6.45) is 0. The molecule has 1 aliphatic rings. The molecule has 0 radical (unpaired) electrons. The molecule has 112 valence electrons. The van der Waals surface area contributed by atoms with Crippen molar-refractivity contribution in [3.63, 3.8) is 0 Å². The van der Waals surface area contributed by atoms with E-state index in [0.717, 1.165) is 31.7 Å². The van der Waals surface area contributed by atoms with Crippen LogP contribution in [0.3, 0.4) is 0 Å². The highest BCUT2D eigenvalue weighted by Crippen LogP contribution is 2.45. The van der Waals surface area contributed by atoms with E-state index in [4.69, 9.17) is 23.2 Å². The quantitative estimate of drug-likeness (QED) is 0.873. The van der Waals surface area contributed by atoms with Crippen molar-refractivity contribution in [2.24, 2.45) is 5.41 Å². The van der Waals surface area contributed by atoms with Crippen molar-refractivity contribution in [1.29, 1.82) is 0 Å². The summed E-state index contributed by atoms with van der Waals surface area (Å²) in [5.74, 6) is 0.181. The summed E-state index contributed by atoms with van der Waals surface area (Å²) >= 11 is 12.3. The molecule has 5 heteroatoms. The summed E-state index contributed by atoms with van der Waals surface area (Å²) in [6.45, 7) is 10.3. The minimum Gasteiger partial charge on any atom is -0.508 e. The van der Waals surface area contributed by atoms with Gasteiger partial charge in [0, 0.05) is 42.8 Å². The Morgan fingerprint density at radius 1 is 1.20 bits per heavy atom. The van der Waals surface area contributed by atoms with Crippen LogP contribution in [0.25, 0.3) is 0 Å². The molecule has 3 nitrogen and oxygen atoms in total. The third-order valence-corrected chi connectivity index (χ3v) is 4.21. The van der Waals surface area contributed by atoms with Gasteiger partial charge in [-0.1, -0.05) is 44.0 Å². The van der Waals surface area contributed by atoms with Crippen LogP contribution in [-0.4, -0.2) is 36.2 Å². The van der Waals surface area contributed by atoms with Crippen LogP contribution in [0.2, 0.25) is 10.0 Å². The molecule has 0 unspecified atom stereocenters. The van der Waals surface area contributed by atoms with E-state index in [1.807, 2.05) is 0 Å². The van der Waals surface area contributed by atoms with E-state index >= 15 is 0 Å². The fraction of sp³-hybridized carbons (Fsp3) is 0.600. The number of nitrogens with zero attached hydrogens (tertiary/aromatic N) is 1. The Balaban J connectivity index is 2.46. The summed E-state index contributed by atoms with van der Waals surface area (Å²) < 4.78 is 0. The smallest absolute Gasteiger partial charge is 0.123 e. The maximum absolute atomic E-state index is 10.3. The van der Waals surface area contributed by atoms with Gasteiger partial charge in [-0.15, -0.1) is 0 Å². The number of piperazine rings is 1. The molecule has 2 rings (SSSR count). The van der Waals surface area contributed by atoms with Crippen LogP contribution in [0.4, 0.5) is 0 Å². The Labute approximate surface area is 130 Å². The molecule has 1 aromatic carbocycles. The minimum absolute atomic E-state index is 0.0354. The Bertz CT molecular complexity index is 456. The van der Waals surface area contributed by atoms with E-state index in [1.54, 1.807) is 12.1 Å². The third kappa shape index (κ3) is 3.40. The molecule has 1 atom stereocenters. The van der Waals surface area contributed by atoms with Gasteiger partial charge >= 0.3 is 0 Å². The second kappa shape index (κ2) is 6.10. The van der Waals surface area contributed by atoms with Crippen molar-refractivity contribution >= 4 is 23.2 Å². The average molecular weight is 317 g/mol. The molecule has 0 aliphatic carbocycles. The summed E-state index contributed by atoms with van der Waals surface area (Å²) in [7, 11) is 0. The SMILES string of the molecule is CC(C)(C)[C@H](c1c(O)cc(Cl)cc1Cl)N1CCNCC1. The predicted molar refractivity (Wildman–Crippen MR) is 84.8 cm³/mol. The van der Waals surface area contributed by atoms with Gasteiger partial charge in [0.05, 0.1) is 5.02 Å². The van der Waals surface area contributed by atoms with Crippen molar-refractivity contribution in [2.75, 3.05) is 26.2 Å². The van der Waals surface area contributed by atoms with Crippen molar-refractivity contribution in [2.45, 2.75) is 26.8 Å². The maximum atomic E-state index is 10.3. The van der Waals surface area contributed by atoms with Crippen LogP contribution in [-0.2, 0) is 0 Å². The van der Waals surface area contributed by atoms with Crippen LogP contribution in [0, 0.1) is 5.41 Å². The number of nitrogens with one attached hydrogen (secondary N) is 1. The third-order valence-electron chi connectivity index (χ3n) is 3.68. The van der Waals surface area contributed by atoms with Gasteiger partial charge in [-0.2, -0.15) is 0 Å². The molecule has 0 saturated carbocycles. The number of aromatic hydroxyl groups is 1. The van der Waals surface area contributed by atoms with Crippen molar-refractivity contribution in [1.82, 2.24) is 10.2 Å². The van der Waals surface area contributed by atoms with Crippen molar-refractivity contribution < 1.29 is 5.11 Å². The summed E-state index contributed by atoms with van der Waals surface area (Å²) in [4.78, 5) is 2.38. The first-order valence-corrected chi connectivity index (χ1v) is 7.69. The topological polar surface area (TPSA) is 35.5 Å². The highest BCUT2D eigenvalue weighted by Gasteiger charge is 2.35. The van der Waals surface area contributed by atoms with Crippen molar-refractivity contribution in [3.05, 3.63) is 27.7 Å². The van der Waals surface area contributed by atoms with Crippen LogP contribution in [0.5, 0.6) is 5.75 Å². The van der Waals surface area contributed by atoms with E-state index in [1.165, 1.54) is 0 Å². The second-order valence-corrected chi connectivity index (χ2v) is 7.22. The number of phenols is 1. The fourth-order valence-corrected chi connectivity index (χ4v) is 3.53. The zero-order valence-corrected chi connectivity index (χ0v) is 13.7. The number of hydrogen-bond donors (Lipinski definition) is 2. The Morgan fingerprint density at radius 3 is 2.30 bits per heavy atom. The molecule has 1 fully saturated rings. The number of hydrogen-bond acceptors (Lipinski definition) is 3. The number of halogens is 2. The summed E-state index contributed by atoms with van der Waals surface area (Å²) in [6, 6.07) is 3.34. The van der Waals surface area contributed by atoms with E-state index in [-0.39, 0.29) is 17.2 Å². The number of rotatable bonds is 2. The predicted octanol–water partition coefficient (Wildman–Crippen LogP) is 3.69. The van der Waals surface area contributed by atoms with Crippen LogP contribution in [0.1, 0.15) is 32.4 Å². The molecule has 1 saturated heterocycles. The summed E-state index contributed by atoms with van der Waals surface area (Å²) in [5.41, 5.74) is 0.747. The van der Waals surface area contributed by atoms with Gasteiger partial charge in [-0.3, -0.25) is 4.90 Å². The number of benzene rings is 1. The molecule has 2 N–H and O–H groups in total. The lowest BCUT2D eigenvalue weighted by Gasteiger charge is -2.43. The Morgan fingerprint density at radius 2 is 1.80 bits per heavy atom. The molecule has 1 aliphatic heterocycles. The highest BCUT2D eigenvalue weighted by molar-refractivity contribution is 6.35. The minimum atomic E-state index is -0.0354. The van der Waals surface area contributed by atoms with Gasteiger partial charge in [0.25, 0.3) is 0 Å². The monoisotopic (exact) mass is 316 g/mol. The molecule has 0 bridgehead atoms. The molecule has 20 heavy (non-hydrogen) atoms. The van der Waals surface area contributed by atoms with E-state index in [2.05, 4.69) is 31.0 Å². The highest BCUT2D eigenvalue weighted by atomic mass is 35.5. The van der Waals surface area contributed by atoms with Gasteiger partial charge in [-0.25, -0.2) is 0 Å². The van der Waals surface area contributed by atoms with Gasteiger partial charge in [0.1, 0.15) is 5.75 Å². The molecular formula is C15H22Cl2N2O. The van der Waals surface area contributed by atoms with E-state index < -0.39 is 0 Å². The lowest BCUT2D eigenvalue weighted by Crippen LogP contribution is -2.48. The molecular weight excluding hydrogens is 295 g/mol. The zero-order chi connectivity index (χ0) is 14.9. The van der Waals surface area contributed by atoms with Crippen molar-refractivity contribution in [3.8, 4) is 5.75 Å². The average Bonchev–Trinajstić information content (AvgIpc) is 2.33. The standard InChI is InChI=1S/C15H22Cl2N2O/c1-15(2,3)14(19-6-4-18-5-7-19)13-11(17)8-10(16)9-12(13)20/h8-9,14,18,20H,4-7H2,1-3H3/t14-/m0/s1. The fourth-order valence-electron chi connectivity index (χ4n) is 2.95. The number of phenolic OH excluding ortho intramolecular Hbond substituents is 1. The van der Waals surface area contributed by atoms with Crippen LogP contribution in [0.15, 0.2) is 12.1 Å². The van der Waals surface area contributed by atoms with Gasteiger partial charge in [-0.05, 0) is 17.5 Å². The first-order valence-electron chi connectivity index (χ1n) is 6.93. The molecule has 1 heterocycles. The Hall–Kier alpha value is -0.480. The second-order valence-electron chi connectivity index (χ2n) is 6.37. The molecule has 0 spiro atoms. The zero-order valence-electron chi connectivity index (χ0n) is 12.2. The summed E-state index contributed by atoms with van der Waals surface area (Å²) in [5, 5.41) is 14.7. The molecule has 0 aromatic heterocycles. The van der Waals surface area contributed by atoms with Gasteiger partial charge in [0.15, 0.2) is 0 Å². The lowest BCUT2D eigenvalue weighted by molar-refractivity contribution is 0.0843. The first-order chi connectivity index (χ1) is 9.30. The molecule has 0 amide bonds. The largest absolute Gasteiger partial charge is 0.508 e. The maximum Gasteiger partial charge on any atom is 0.123 e. The van der Waals surface area contributed by atoms with Crippen LogP contribution >= 0.6 is 23.2 Å². The van der Waals surface area contributed by atoms with E-state index in [9.17, 15) is 5.11 Å². The normalized spacial score (nSPS) is 19.1. The van der Waals surface area contributed by atoms with Crippen LogP contribution < -0.4 is 5.32 Å². The van der Waals surface area contributed by atoms with E-state index in [0.29, 0.717) is 10.0 Å². The van der Waals surface area contributed by atoms with Gasteiger partial charge in [0.2, 0.25) is 0 Å². The Kier molecular flexibility index (Phi) is 4.85. The lowest BCUT2D eigenvalue weighted by atomic mass is 9.80. The molecule has 1 aromatic rings. The first kappa shape index (κ1) is 15.9.